The van der Waals surface area contributed by atoms with Crippen molar-refractivity contribution in [1.29, 1.82) is 0 Å². The maximum Gasteiger partial charge on any atom is 0.224 e. The maximum atomic E-state index is 12.7. The van der Waals surface area contributed by atoms with Gasteiger partial charge in [0.1, 0.15) is 0 Å². The summed E-state index contributed by atoms with van der Waals surface area (Å²) in [5.41, 5.74) is 9.25. The number of rotatable bonds is 8. The molecule has 0 radical (unpaired) electrons. The number of amides is 1. The van der Waals surface area contributed by atoms with E-state index in [4.69, 9.17) is 15.2 Å². The van der Waals surface area contributed by atoms with Gasteiger partial charge >= 0.3 is 0 Å². The summed E-state index contributed by atoms with van der Waals surface area (Å²) in [7, 11) is 3.21. The summed E-state index contributed by atoms with van der Waals surface area (Å²) in [6.07, 6.45) is 0.680. The molecule has 0 spiro atoms. The first-order valence-electron chi connectivity index (χ1n) is 9.19. The summed E-state index contributed by atoms with van der Waals surface area (Å²) in [5.74, 6) is 0.966. The zero-order valence-corrected chi connectivity index (χ0v) is 16.8. The van der Waals surface area contributed by atoms with Crippen LogP contribution in [-0.2, 0) is 11.2 Å². The molecule has 0 aliphatic rings. The molecule has 0 aromatic heterocycles. The molecule has 0 aliphatic carbocycles. The second kappa shape index (κ2) is 9.42. The van der Waals surface area contributed by atoms with Gasteiger partial charge in [0.15, 0.2) is 11.5 Å². The number of carbonyl (C=O) groups is 1. The first-order valence-corrected chi connectivity index (χ1v) is 9.19. The molecule has 1 amide bonds. The predicted molar refractivity (Wildman–Crippen MR) is 108 cm³/mol. The Bertz CT molecular complexity index is 774. The van der Waals surface area contributed by atoms with Gasteiger partial charge < -0.3 is 20.5 Å². The number of nitrogens with two attached hydrogens (primary N) is 1. The van der Waals surface area contributed by atoms with Crippen molar-refractivity contribution in [3.05, 3.63) is 59.2 Å². The number of ether oxygens (including phenoxy) is 2. The van der Waals surface area contributed by atoms with Crippen molar-refractivity contribution in [1.82, 2.24) is 5.32 Å². The van der Waals surface area contributed by atoms with Crippen molar-refractivity contribution in [2.75, 3.05) is 14.2 Å². The van der Waals surface area contributed by atoms with Crippen molar-refractivity contribution >= 4 is 5.91 Å². The normalized spacial score (nSPS) is 14.1. The van der Waals surface area contributed by atoms with E-state index in [0.29, 0.717) is 17.9 Å². The van der Waals surface area contributed by atoms with E-state index in [2.05, 4.69) is 24.4 Å². The van der Waals surface area contributed by atoms with Crippen molar-refractivity contribution < 1.29 is 14.3 Å². The number of hydrogen-bond acceptors (Lipinski definition) is 4. The Morgan fingerprint density at radius 2 is 1.74 bits per heavy atom. The SMILES string of the molecule is COc1ccc(C(Cc2ccccc2C)NC(=O)C(C)C(C)N)cc1OC. The highest BCUT2D eigenvalue weighted by Gasteiger charge is 2.23. The van der Waals surface area contributed by atoms with Crippen LogP contribution in [0.5, 0.6) is 11.5 Å². The average molecular weight is 370 g/mol. The van der Waals surface area contributed by atoms with Crippen LogP contribution < -0.4 is 20.5 Å². The first kappa shape index (κ1) is 20.8. The molecule has 0 fully saturated rings. The topological polar surface area (TPSA) is 73.6 Å². The minimum absolute atomic E-state index is 0.0571. The molecular formula is C22H30N2O3. The van der Waals surface area contributed by atoms with Crippen LogP contribution in [0, 0.1) is 12.8 Å². The Morgan fingerprint density at radius 1 is 1.07 bits per heavy atom. The highest BCUT2D eigenvalue weighted by Crippen LogP contribution is 2.31. The van der Waals surface area contributed by atoms with Crippen LogP contribution in [0.15, 0.2) is 42.5 Å². The molecule has 146 valence electrons. The van der Waals surface area contributed by atoms with Gasteiger partial charge in [-0.05, 0) is 49.1 Å². The molecule has 5 heteroatoms. The predicted octanol–water partition coefficient (Wildman–Crippen LogP) is 3.40. The van der Waals surface area contributed by atoms with E-state index >= 15 is 0 Å². The molecule has 0 heterocycles. The van der Waals surface area contributed by atoms with E-state index in [1.54, 1.807) is 14.2 Å². The molecule has 3 N–H and O–H groups in total. The lowest BCUT2D eigenvalue weighted by molar-refractivity contribution is -0.125. The van der Waals surface area contributed by atoms with Gasteiger partial charge in [-0.2, -0.15) is 0 Å². The fourth-order valence-electron chi connectivity index (χ4n) is 2.92. The molecule has 0 saturated carbocycles. The van der Waals surface area contributed by atoms with Crippen LogP contribution in [-0.4, -0.2) is 26.2 Å². The average Bonchev–Trinajstić information content (AvgIpc) is 2.67. The fourth-order valence-corrected chi connectivity index (χ4v) is 2.92. The number of methoxy groups -OCH3 is 2. The Kier molecular flexibility index (Phi) is 7.25. The van der Waals surface area contributed by atoms with E-state index in [9.17, 15) is 4.79 Å². The van der Waals surface area contributed by atoms with Crippen molar-refractivity contribution in [3.8, 4) is 11.5 Å². The van der Waals surface area contributed by atoms with Gasteiger partial charge in [-0.1, -0.05) is 37.3 Å². The Balaban J connectivity index is 2.37. The summed E-state index contributed by atoms with van der Waals surface area (Å²) >= 11 is 0. The summed E-state index contributed by atoms with van der Waals surface area (Å²) in [4.78, 5) is 12.7. The van der Waals surface area contributed by atoms with Crippen molar-refractivity contribution in [2.45, 2.75) is 39.3 Å². The third-order valence-electron chi connectivity index (χ3n) is 5.01. The summed E-state index contributed by atoms with van der Waals surface area (Å²) in [6, 6.07) is 13.5. The summed E-state index contributed by atoms with van der Waals surface area (Å²) < 4.78 is 10.8. The zero-order chi connectivity index (χ0) is 20.0. The van der Waals surface area contributed by atoms with Crippen molar-refractivity contribution in [2.24, 2.45) is 11.7 Å². The fraction of sp³-hybridized carbons (Fsp3) is 0.409. The Hall–Kier alpha value is -2.53. The number of benzene rings is 2. The van der Waals surface area contributed by atoms with Crippen LogP contribution in [0.3, 0.4) is 0 Å². The number of carbonyl (C=O) groups excluding carboxylic acids is 1. The third-order valence-corrected chi connectivity index (χ3v) is 5.01. The number of nitrogens with one attached hydrogen (secondary N) is 1. The van der Waals surface area contributed by atoms with E-state index in [0.717, 1.165) is 5.56 Å². The number of aryl methyl sites for hydroxylation is 1. The van der Waals surface area contributed by atoms with Gasteiger partial charge in [0.2, 0.25) is 5.91 Å². The van der Waals surface area contributed by atoms with Gasteiger partial charge in [-0.15, -0.1) is 0 Å². The highest BCUT2D eigenvalue weighted by atomic mass is 16.5. The molecule has 2 aromatic carbocycles. The Labute approximate surface area is 161 Å². The standard InChI is InChI=1S/C22H30N2O3/c1-14-8-6-7-9-17(14)12-19(24-22(25)15(2)16(3)23)18-10-11-20(26-4)21(13-18)27-5/h6-11,13,15-16,19H,12,23H2,1-5H3,(H,24,25). The second-order valence-corrected chi connectivity index (χ2v) is 6.95. The molecule has 3 unspecified atom stereocenters. The Morgan fingerprint density at radius 3 is 2.33 bits per heavy atom. The van der Waals surface area contributed by atoms with Gasteiger partial charge in [0.05, 0.1) is 20.3 Å². The van der Waals surface area contributed by atoms with E-state index in [-0.39, 0.29) is 23.9 Å². The first-order chi connectivity index (χ1) is 12.9. The molecular weight excluding hydrogens is 340 g/mol. The lowest BCUT2D eigenvalue weighted by Crippen LogP contribution is -2.40. The van der Waals surface area contributed by atoms with Crippen LogP contribution >= 0.6 is 0 Å². The second-order valence-electron chi connectivity index (χ2n) is 6.95. The molecule has 2 rings (SSSR count). The molecule has 0 aliphatic heterocycles. The molecule has 5 nitrogen and oxygen atoms in total. The van der Waals surface area contributed by atoms with Gasteiger partial charge in [-0.25, -0.2) is 0 Å². The molecule has 2 aromatic rings. The van der Waals surface area contributed by atoms with Crippen LogP contribution in [0.1, 0.15) is 36.6 Å². The quantitative estimate of drug-likeness (QED) is 0.747. The van der Waals surface area contributed by atoms with Gasteiger partial charge in [0, 0.05) is 12.0 Å². The monoisotopic (exact) mass is 370 g/mol. The minimum Gasteiger partial charge on any atom is -0.493 e. The third kappa shape index (κ3) is 5.23. The maximum absolute atomic E-state index is 12.7. The van der Waals surface area contributed by atoms with E-state index < -0.39 is 0 Å². The van der Waals surface area contributed by atoms with Gasteiger partial charge in [-0.3, -0.25) is 4.79 Å². The molecule has 27 heavy (non-hydrogen) atoms. The lowest BCUT2D eigenvalue weighted by atomic mass is 9.94. The lowest BCUT2D eigenvalue weighted by Gasteiger charge is -2.24. The van der Waals surface area contributed by atoms with Crippen LogP contribution in [0.4, 0.5) is 0 Å². The van der Waals surface area contributed by atoms with Crippen LogP contribution in [0.2, 0.25) is 0 Å². The largest absolute Gasteiger partial charge is 0.493 e. The smallest absolute Gasteiger partial charge is 0.224 e. The molecule has 0 saturated heterocycles. The van der Waals surface area contributed by atoms with Crippen molar-refractivity contribution in [3.63, 3.8) is 0 Å². The van der Waals surface area contributed by atoms with E-state index in [1.807, 2.05) is 44.2 Å². The highest BCUT2D eigenvalue weighted by molar-refractivity contribution is 5.79. The zero-order valence-electron chi connectivity index (χ0n) is 16.8. The van der Waals surface area contributed by atoms with E-state index in [1.165, 1.54) is 11.1 Å². The van der Waals surface area contributed by atoms with Gasteiger partial charge in [0.25, 0.3) is 0 Å². The summed E-state index contributed by atoms with van der Waals surface area (Å²) in [5, 5.41) is 3.16. The minimum atomic E-state index is -0.274. The molecule has 3 atom stereocenters. The number of hydrogen-bond donors (Lipinski definition) is 2. The van der Waals surface area contributed by atoms with Crippen LogP contribution in [0.25, 0.3) is 0 Å². The molecule has 0 bridgehead atoms. The summed E-state index contributed by atoms with van der Waals surface area (Å²) in [6.45, 7) is 5.77.